The SMILES string of the molecule is Cc1cc(NC(=O)Cn2nc(-c3cccnc3)ccc2=O)on1. The van der Waals surface area contributed by atoms with Gasteiger partial charge in [0.05, 0.1) is 11.4 Å². The van der Waals surface area contributed by atoms with Crippen LogP contribution in [0.2, 0.25) is 0 Å². The van der Waals surface area contributed by atoms with Crippen molar-refractivity contribution in [1.29, 1.82) is 0 Å². The second-order valence-corrected chi connectivity index (χ2v) is 4.84. The number of nitrogens with one attached hydrogen (secondary N) is 1. The standard InChI is InChI=1S/C15H13N5O3/c1-10-7-14(23-19-10)17-13(21)9-20-15(22)5-4-12(18-20)11-3-2-6-16-8-11/h2-8H,9H2,1H3,(H,17,21). The van der Waals surface area contributed by atoms with Gasteiger partial charge < -0.3 is 4.52 Å². The van der Waals surface area contributed by atoms with Gasteiger partial charge in [-0.05, 0) is 25.1 Å². The van der Waals surface area contributed by atoms with Crippen LogP contribution in [0.4, 0.5) is 5.88 Å². The Hall–Kier alpha value is -3.29. The number of rotatable bonds is 4. The highest BCUT2D eigenvalue weighted by Gasteiger charge is 2.10. The largest absolute Gasteiger partial charge is 0.338 e. The summed E-state index contributed by atoms with van der Waals surface area (Å²) < 4.78 is 5.98. The number of pyridine rings is 1. The third-order valence-electron chi connectivity index (χ3n) is 3.01. The Morgan fingerprint density at radius 2 is 2.22 bits per heavy atom. The predicted octanol–water partition coefficient (Wildman–Crippen LogP) is 1.24. The van der Waals surface area contributed by atoms with Gasteiger partial charge in [0, 0.05) is 30.1 Å². The van der Waals surface area contributed by atoms with Gasteiger partial charge in [-0.3, -0.25) is 19.9 Å². The molecule has 23 heavy (non-hydrogen) atoms. The van der Waals surface area contributed by atoms with Gasteiger partial charge in [-0.2, -0.15) is 5.10 Å². The summed E-state index contributed by atoms with van der Waals surface area (Å²) in [4.78, 5) is 27.9. The molecule has 3 aromatic heterocycles. The van der Waals surface area contributed by atoms with E-state index in [4.69, 9.17) is 4.52 Å². The van der Waals surface area contributed by atoms with E-state index < -0.39 is 5.91 Å². The topological polar surface area (TPSA) is 103 Å². The molecule has 0 spiro atoms. The molecule has 0 unspecified atom stereocenters. The van der Waals surface area contributed by atoms with Crippen LogP contribution >= 0.6 is 0 Å². The quantitative estimate of drug-likeness (QED) is 0.777. The molecule has 0 aliphatic carbocycles. The lowest BCUT2D eigenvalue weighted by molar-refractivity contribution is -0.117. The number of carbonyl (C=O) groups is 1. The smallest absolute Gasteiger partial charge is 0.267 e. The Balaban J connectivity index is 1.79. The summed E-state index contributed by atoms with van der Waals surface area (Å²) in [5, 5.41) is 10.4. The molecule has 0 radical (unpaired) electrons. The van der Waals surface area contributed by atoms with Gasteiger partial charge in [0.1, 0.15) is 6.54 Å². The molecular weight excluding hydrogens is 298 g/mol. The minimum absolute atomic E-state index is 0.226. The summed E-state index contributed by atoms with van der Waals surface area (Å²) in [7, 11) is 0. The van der Waals surface area contributed by atoms with Crippen molar-refractivity contribution in [3.63, 3.8) is 0 Å². The minimum atomic E-state index is -0.431. The number of carbonyl (C=O) groups excluding carboxylic acids is 1. The molecular formula is C15H13N5O3. The Morgan fingerprint density at radius 3 is 2.91 bits per heavy atom. The molecule has 0 aromatic carbocycles. The van der Waals surface area contributed by atoms with Crippen molar-refractivity contribution in [3.05, 3.63) is 58.8 Å². The number of aryl methyl sites for hydroxylation is 1. The molecule has 3 rings (SSSR count). The first kappa shape index (κ1) is 14.6. The van der Waals surface area contributed by atoms with E-state index in [0.717, 1.165) is 10.2 Å². The molecule has 116 valence electrons. The van der Waals surface area contributed by atoms with Crippen molar-refractivity contribution in [2.45, 2.75) is 13.5 Å². The lowest BCUT2D eigenvalue weighted by atomic mass is 10.2. The lowest BCUT2D eigenvalue weighted by Crippen LogP contribution is -2.29. The normalized spacial score (nSPS) is 10.5. The van der Waals surface area contributed by atoms with E-state index in [0.29, 0.717) is 11.4 Å². The Labute approximate surface area is 130 Å². The van der Waals surface area contributed by atoms with Crippen LogP contribution in [0.15, 0.2) is 52.0 Å². The van der Waals surface area contributed by atoms with Crippen LogP contribution in [0.25, 0.3) is 11.3 Å². The van der Waals surface area contributed by atoms with Gasteiger partial charge in [0.25, 0.3) is 5.56 Å². The summed E-state index contributed by atoms with van der Waals surface area (Å²) in [6.45, 7) is 1.51. The van der Waals surface area contributed by atoms with E-state index in [1.807, 2.05) is 6.07 Å². The zero-order valence-corrected chi connectivity index (χ0v) is 12.3. The highest BCUT2D eigenvalue weighted by atomic mass is 16.5. The molecule has 3 heterocycles. The van der Waals surface area contributed by atoms with Gasteiger partial charge >= 0.3 is 0 Å². The van der Waals surface area contributed by atoms with Crippen LogP contribution in [0, 0.1) is 6.92 Å². The first-order chi connectivity index (χ1) is 11.1. The summed E-state index contributed by atoms with van der Waals surface area (Å²) in [5.74, 6) is -0.206. The van der Waals surface area contributed by atoms with Crippen molar-refractivity contribution in [1.82, 2.24) is 19.9 Å². The van der Waals surface area contributed by atoms with Crippen LogP contribution in [0.3, 0.4) is 0 Å². The fourth-order valence-electron chi connectivity index (χ4n) is 1.97. The zero-order chi connectivity index (χ0) is 16.2. The molecule has 8 nitrogen and oxygen atoms in total. The molecule has 0 atom stereocenters. The van der Waals surface area contributed by atoms with E-state index in [9.17, 15) is 9.59 Å². The van der Waals surface area contributed by atoms with E-state index in [-0.39, 0.29) is 18.0 Å². The maximum absolute atomic E-state index is 12.0. The van der Waals surface area contributed by atoms with Gasteiger partial charge in [-0.1, -0.05) is 5.16 Å². The van der Waals surface area contributed by atoms with Crippen molar-refractivity contribution < 1.29 is 9.32 Å². The van der Waals surface area contributed by atoms with Crippen LogP contribution < -0.4 is 10.9 Å². The van der Waals surface area contributed by atoms with Crippen molar-refractivity contribution in [2.75, 3.05) is 5.32 Å². The van der Waals surface area contributed by atoms with Gasteiger partial charge in [0.2, 0.25) is 11.8 Å². The molecule has 0 fully saturated rings. The molecule has 1 amide bonds. The second kappa shape index (κ2) is 6.22. The Kier molecular flexibility index (Phi) is 3.96. The number of hydrogen-bond acceptors (Lipinski definition) is 6. The number of nitrogens with zero attached hydrogens (tertiary/aromatic N) is 4. The summed E-state index contributed by atoms with van der Waals surface area (Å²) >= 11 is 0. The minimum Gasteiger partial charge on any atom is -0.338 e. The molecule has 0 saturated carbocycles. The van der Waals surface area contributed by atoms with Crippen LogP contribution in [-0.2, 0) is 11.3 Å². The first-order valence-corrected chi connectivity index (χ1v) is 6.83. The molecule has 0 bridgehead atoms. The van der Waals surface area contributed by atoms with Crippen molar-refractivity contribution in [2.24, 2.45) is 0 Å². The van der Waals surface area contributed by atoms with Gasteiger partial charge in [-0.25, -0.2) is 4.68 Å². The van der Waals surface area contributed by atoms with Gasteiger partial charge in [0.15, 0.2) is 0 Å². The zero-order valence-electron chi connectivity index (χ0n) is 12.3. The average molecular weight is 311 g/mol. The van der Waals surface area contributed by atoms with Crippen molar-refractivity contribution >= 4 is 11.8 Å². The maximum atomic E-state index is 12.0. The summed E-state index contributed by atoms with van der Waals surface area (Å²) in [5.41, 5.74) is 1.59. The number of hydrogen-bond donors (Lipinski definition) is 1. The molecule has 1 N–H and O–H groups in total. The number of aromatic nitrogens is 4. The monoisotopic (exact) mass is 311 g/mol. The highest BCUT2D eigenvalue weighted by Crippen LogP contribution is 2.13. The first-order valence-electron chi connectivity index (χ1n) is 6.83. The molecule has 0 aliphatic rings. The fourth-order valence-corrected chi connectivity index (χ4v) is 1.97. The highest BCUT2D eigenvalue weighted by molar-refractivity contribution is 5.89. The van der Waals surface area contributed by atoms with Crippen LogP contribution in [0.5, 0.6) is 0 Å². The van der Waals surface area contributed by atoms with Crippen LogP contribution in [-0.4, -0.2) is 25.8 Å². The summed E-state index contributed by atoms with van der Waals surface area (Å²) in [6, 6.07) is 8.13. The van der Waals surface area contributed by atoms with E-state index in [2.05, 4.69) is 20.6 Å². The maximum Gasteiger partial charge on any atom is 0.267 e. The third-order valence-corrected chi connectivity index (χ3v) is 3.01. The Morgan fingerprint density at radius 1 is 1.35 bits per heavy atom. The third kappa shape index (κ3) is 3.49. The van der Waals surface area contributed by atoms with Crippen LogP contribution in [0.1, 0.15) is 5.69 Å². The molecule has 8 heteroatoms. The van der Waals surface area contributed by atoms with E-state index in [1.165, 1.54) is 6.07 Å². The average Bonchev–Trinajstić information content (AvgIpc) is 2.95. The predicted molar refractivity (Wildman–Crippen MR) is 81.6 cm³/mol. The lowest BCUT2D eigenvalue weighted by Gasteiger charge is -2.06. The molecule has 0 aliphatic heterocycles. The fraction of sp³-hybridized carbons (Fsp3) is 0.133. The second-order valence-electron chi connectivity index (χ2n) is 4.84. The van der Waals surface area contributed by atoms with E-state index >= 15 is 0 Å². The number of anilines is 1. The molecule has 3 aromatic rings. The van der Waals surface area contributed by atoms with E-state index in [1.54, 1.807) is 37.5 Å². The van der Waals surface area contributed by atoms with Gasteiger partial charge in [-0.15, -0.1) is 0 Å². The number of amides is 1. The van der Waals surface area contributed by atoms with Crippen molar-refractivity contribution in [3.8, 4) is 11.3 Å². The Bertz CT molecular complexity index is 885. The summed E-state index contributed by atoms with van der Waals surface area (Å²) in [6.07, 6.45) is 3.28. The molecule has 0 saturated heterocycles.